The second-order valence-corrected chi connectivity index (χ2v) is 3.48. The van der Waals surface area contributed by atoms with Crippen molar-refractivity contribution in [3.05, 3.63) is 0 Å². The van der Waals surface area contributed by atoms with E-state index < -0.39 is 0 Å². The molecule has 2 nitrogen and oxygen atoms in total. The van der Waals surface area contributed by atoms with Crippen LogP contribution in [0.5, 0.6) is 0 Å². The van der Waals surface area contributed by atoms with Gasteiger partial charge in [-0.15, -0.1) is 0 Å². The lowest BCUT2D eigenvalue weighted by Gasteiger charge is -2.26. The molecule has 0 aromatic rings. The van der Waals surface area contributed by atoms with Crippen molar-refractivity contribution in [2.75, 3.05) is 0 Å². The molecule has 0 aromatic carbocycles. The zero-order chi connectivity index (χ0) is 9.07. The number of hydrogen-bond donors (Lipinski definition) is 0. The molecule has 66 valence electrons. The lowest BCUT2D eigenvalue weighted by atomic mass is 10.1. The number of rotatable bonds is 4. The molecule has 0 fully saturated rings. The van der Waals surface area contributed by atoms with E-state index in [-0.39, 0.29) is 17.5 Å². The van der Waals surface area contributed by atoms with Crippen molar-refractivity contribution in [2.45, 2.75) is 52.7 Å². The Labute approximate surface area is 68.9 Å². The molecule has 0 N–H and O–H groups in total. The average Bonchev–Trinajstić information content (AvgIpc) is 1.87. The fourth-order valence-electron chi connectivity index (χ4n) is 0.645. The SMILES string of the molecule is CCC(C)(C)OC(C)C(C)=O. The van der Waals surface area contributed by atoms with Gasteiger partial charge >= 0.3 is 0 Å². The van der Waals surface area contributed by atoms with E-state index in [1.807, 2.05) is 20.8 Å². The number of Topliss-reactive ketones (excluding diaryl/α,β-unsaturated/α-hetero) is 1. The fraction of sp³-hybridized carbons (Fsp3) is 0.889. The quantitative estimate of drug-likeness (QED) is 0.626. The smallest absolute Gasteiger partial charge is 0.158 e. The Bertz CT molecular complexity index is 138. The zero-order valence-corrected chi connectivity index (χ0v) is 8.10. The predicted molar refractivity (Wildman–Crippen MR) is 45.6 cm³/mol. The number of ether oxygens (including phenoxy) is 1. The van der Waals surface area contributed by atoms with E-state index in [1.165, 1.54) is 0 Å². The Morgan fingerprint density at radius 3 is 2.27 bits per heavy atom. The first-order chi connectivity index (χ1) is 4.89. The topological polar surface area (TPSA) is 26.3 Å². The van der Waals surface area contributed by atoms with Crippen molar-refractivity contribution < 1.29 is 9.53 Å². The molecule has 11 heavy (non-hydrogen) atoms. The number of hydrogen-bond acceptors (Lipinski definition) is 2. The van der Waals surface area contributed by atoms with Gasteiger partial charge in [0.1, 0.15) is 6.10 Å². The van der Waals surface area contributed by atoms with Gasteiger partial charge in [0.05, 0.1) is 5.60 Å². The summed E-state index contributed by atoms with van der Waals surface area (Å²) >= 11 is 0. The summed E-state index contributed by atoms with van der Waals surface area (Å²) in [5.41, 5.74) is -0.176. The predicted octanol–water partition coefficient (Wildman–Crippen LogP) is 2.17. The molecule has 0 spiro atoms. The second kappa shape index (κ2) is 3.86. The van der Waals surface area contributed by atoms with Crippen LogP contribution in [-0.2, 0) is 9.53 Å². The van der Waals surface area contributed by atoms with Gasteiger partial charge in [-0.2, -0.15) is 0 Å². The summed E-state index contributed by atoms with van der Waals surface area (Å²) in [6, 6.07) is 0. The van der Waals surface area contributed by atoms with Crippen molar-refractivity contribution in [2.24, 2.45) is 0 Å². The van der Waals surface area contributed by atoms with E-state index in [1.54, 1.807) is 13.8 Å². The van der Waals surface area contributed by atoms with Crippen molar-refractivity contribution in [1.82, 2.24) is 0 Å². The van der Waals surface area contributed by atoms with Crippen LogP contribution in [0.4, 0.5) is 0 Å². The molecular weight excluding hydrogens is 140 g/mol. The summed E-state index contributed by atoms with van der Waals surface area (Å²) in [7, 11) is 0. The second-order valence-electron chi connectivity index (χ2n) is 3.48. The standard InChI is InChI=1S/C9H18O2/c1-6-9(4,5)11-8(3)7(2)10/h8H,6H2,1-5H3. The van der Waals surface area contributed by atoms with Gasteiger partial charge in [0.25, 0.3) is 0 Å². The molecule has 0 amide bonds. The summed E-state index contributed by atoms with van der Waals surface area (Å²) in [4.78, 5) is 10.8. The van der Waals surface area contributed by atoms with Crippen molar-refractivity contribution in [3.8, 4) is 0 Å². The van der Waals surface area contributed by atoms with Gasteiger partial charge in [0.15, 0.2) is 5.78 Å². The lowest BCUT2D eigenvalue weighted by molar-refractivity contribution is -0.137. The molecular formula is C9H18O2. The maximum absolute atomic E-state index is 10.8. The molecule has 0 aliphatic rings. The molecule has 0 aliphatic heterocycles. The first-order valence-electron chi connectivity index (χ1n) is 4.07. The Kier molecular flexibility index (Phi) is 3.73. The van der Waals surface area contributed by atoms with Gasteiger partial charge < -0.3 is 4.74 Å². The molecule has 1 unspecified atom stereocenters. The van der Waals surface area contributed by atoms with Crippen molar-refractivity contribution >= 4 is 5.78 Å². The third-order valence-electron chi connectivity index (χ3n) is 1.92. The molecule has 0 saturated carbocycles. The van der Waals surface area contributed by atoms with Gasteiger partial charge in [-0.1, -0.05) is 6.92 Å². The minimum absolute atomic E-state index is 0.0894. The number of ketones is 1. The highest BCUT2D eigenvalue weighted by Gasteiger charge is 2.20. The molecule has 1 atom stereocenters. The van der Waals surface area contributed by atoms with Crippen LogP contribution < -0.4 is 0 Å². The monoisotopic (exact) mass is 158 g/mol. The average molecular weight is 158 g/mol. The maximum atomic E-state index is 10.8. The zero-order valence-electron chi connectivity index (χ0n) is 8.10. The van der Waals surface area contributed by atoms with E-state index in [0.29, 0.717) is 0 Å². The van der Waals surface area contributed by atoms with Crippen LogP contribution in [-0.4, -0.2) is 17.5 Å². The molecule has 0 radical (unpaired) electrons. The summed E-state index contributed by atoms with van der Waals surface area (Å²) in [6.45, 7) is 9.38. The maximum Gasteiger partial charge on any atom is 0.158 e. The van der Waals surface area contributed by atoms with Gasteiger partial charge in [-0.3, -0.25) is 4.79 Å². The highest BCUT2D eigenvalue weighted by molar-refractivity contribution is 5.79. The fourth-order valence-corrected chi connectivity index (χ4v) is 0.645. The van der Waals surface area contributed by atoms with Crippen LogP contribution in [0.3, 0.4) is 0 Å². The number of carbonyl (C=O) groups is 1. The Hall–Kier alpha value is -0.370. The van der Waals surface area contributed by atoms with Gasteiger partial charge in [0, 0.05) is 0 Å². The van der Waals surface area contributed by atoms with Crippen molar-refractivity contribution in [1.29, 1.82) is 0 Å². The molecule has 0 saturated heterocycles. The van der Waals surface area contributed by atoms with E-state index in [4.69, 9.17) is 4.74 Å². The van der Waals surface area contributed by atoms with Gasteiger partial charge in [0.2, 0.25) is 0 Å². The third-order valence-corrected chi connectivity index (χ3v) is 1.92. The number of carbonyl (C=O) groups excluding carboxylic acids is 1. The highest BCUT2D eigenvalue weighted by Crippen LogP contribution is 2.16. The van der Waals surface area contributed by atoms with Crippen LogP contribution in [0.1, 0.15) is 41.0 Å². The van der Waals surface area contributed by atoms with Crippen LogP contribution in [0, 0.1) is 0 Å². The Morgan fingerprint density at radius 2 is 2.00 bits per heavy atom. The van der Waals surface area contributed by atoms with Crippen LogP contribution in [0.2, 0.25) is 0 Å². The molecule has 2 heteroatoms. The summed E-state index contributed by atoms with van der Waals surface area (Å²) < 4.78 is 5.50. The largest absolute Gasteiger partial charge is 0.365 e. The summed E-state index contributed by atoms with van der Waals surface area (Å²) in [5, 5.41) is 0. The minimum Gasteiger partial charge on any atom is -0.365 e. The molecule has 0 aliphatic carbocycles. The van der Waals surface area contributed by atoms with E-state index in [2.05, 4.69) is 0 Å². The minimum atomic E-state index is -0.273. The summed E-state index contributed by atoms with van der Waals surface area (Å²) in [5.74, 6) is 0.0894. The van der Waals surface area contributed by atoms with E-state index in [0.717, 1.165) is 6.42 Å². The first-order valence-corrected chi connectivity index (χ1v) is 4.07. The third kappa shape index (κ3) is 4.14. The van der Waals surface area contributed by atoms with Crippen LogP contribution >= 0.6 is 0 Å². The Morgan fingerprint density at radius 1 is 1.55 bits per heavy atom. The molecule has 0 aromatic heterocycles. The lowest BCUT2D eigenvalue weighted by Crippen LogP contribution is -2.31. The molecule has 0 rings (SSSR count). The van der Waals surface area contributed by atoms with Crippen LogP contribution in [0.25, 0.3) is 0 Å². The van der Waals surface area contributed by atoms with Crippen LogP contribution in [0.15, 0.2) is 0 Å². The highest BCUT2D eigenvalue weighted by atomic mass is 16.5. The van der Waals surface area contributed by atoms with Gasteiger partial charge in [-0.05, 0) is 34.1 Å². The first kappa shape index (κ1) is 10.6. The Balaban J connectivity index is 3.93. The molecule has 0 bridgehead atoms. The summed E-state index contributed by atoms with van der Waals surface area (Å²) in [6.07, 6.45) is 0.648. The normalized spacial score (nSPS) is 14.6. The van der Waals surface area contributed by atoms with E-state index in [9.17, 15) is 4.79 Å². The van der Waals surface area contributed by atoms with E-state index >= 15 is 0 Å². The molecule has 0 heterocycles. The van der Waals surface area contributed by atoms with Gasteiger partial charge in [-0.25, -0.2) is 0 Å². The van der Waals surface area contributed by atoms with Crippen molar-refractivity contribution in [3.63, 3.8) is 0 Å².